The zero-order valence-corrected chi connectivity index (χ0v) is 13.9. The minimum atomic E-state index is -0.0950. The van der Waals surface area contributed by atoms with Crippen LogP contribution in [0.25, 0.3) is 22.9 Å². The molecule has 1 aromatic heterocycles. The van der Waals surface area contributed by atoms with E-state index in [4.69, 9.17) is 4.42 Å². The minimum absolute atomic E-state index is 0.0950. The number of carbonyl (C=O) groups excluding carboxylic acids is 1. The summed E-state index contributed by atoms with van der Waals surface area (Å²) in [7, 11) is 0. The van der Waals surface area contributed by atoms with Crippen LogP contribution in [0.5, 0.6) is 0 Å². The summed E-state index contributed by atoms with van der Waals surface area (Å²) in [5.41, 5.74) is 3.44. The Morgan fingerprint density at radius 2 is 1.42 bits per heavy atom. The largest absolute Gasteiger partial charge is 0.416 e. The van der Waals surface area contributed by atoms with Gasteiger partial charge in [-0.3, -0.25) is 4.79 Å². The monoisotopic (exact) mass is 321 g/mol. The third kappa shape index (κ3) is 3.51. The van der Waals surface area contributed by atoms with Gasteiger partial charge in [0.1, 0.15) is 0 Å². The first-order valence-corrected chi connectivity index (χ1v) is 7.85. The van der Waals surface area contributed by atoms with Crippen molar-refractivity contribution in [1.29, 1.82) is 0 Å². The molecule has 1 N–H and O–H groups in total. The van der Waals surface area contributed by atoms with E-state index in [1.807, 2.05) is 57.2 Å². The van der Waals surface area contributed by atoms with Crippen LogP contribution in [0.4, 0.5) is 0 Å². The maximum Gasteiger partial charge on any atom is 0.251 e. The molecule has 1 heterocycles. The third-order valence-electron chi connectivity index (χ3n) is 3.54. The van der Waals surface area contributed by atoms with Crippen LogP contribution >= 0.6 is 0 Å². The van der Waals surface area contributed by atoms with Crippen molar-refractivity contribution in [2.75, 3.05) is 0 Å². The van der Waals surface area contributed by atoms with E-state index in [2.05, 4.69) is 15.5 Å². The van der Waals surface area contributed by atoms with Crippen LogP contribution < -0.4 is 5.32 Å². The topological polar surface area (TPSA) is 68.0 Å². The van der Waals surface area contributed by atoms with Gasteiger partial charge >= 0.3 is 0 Å². The molecule has 0 saturated heterocycles. The van der Waals surface area contributed by atoms with Crippen molar-refractivity contribution < 1.29 is 9.21 Å². The number of amides is 1. The fourth-order valence-electron chi connectivity index (χ4n) is 2.26. The molecule has 0 spiro atoms. The molecular weight excluding hydrogens is 302 g/mol. The van der Waals surface area contributed by atoms with Gasteiger partial charge in [0, 0.05) is 22.7 Å². The van der Waals surface area contributed by atoms with Gasteiger partial charge in [-0.05, 0) is 57.2 Å². The summed E-state index contributed by atoms with van der Waals surface area (Å²) in [6, 6.07) is 15.1. The van der Waals surface area contributed by atoms with E-state index in [1.54, 1.807) is 12.1 Å². The summed E-state index contributed by atoms with van der Waals surface area (Å²) in [6.45, 7) is 5.88. The molecule has 0 fully saturated rings. The lowest BCUT2D eigenvalue weighted by molar-refractivity contribution is 0.0943. The first-order chi connectivity index (χ1) is 11.5. The van der Waals surface area contributed by atoms with Crippen LogP contribution in [0.2, 0.25) is 0 Å². The van der Waals surface area contributed by atoms with Crippen LogP contribution in [0.15, 0.2) is 52.9 Å². The van der Waals surface area contributed by atoms with Crippen molar-refractivity contribution in [3.8, 4) is 22.9 Å². The number of carbonyl (C=O) groups is 1. The zero-order chi connectivity index (χ0) is 17.1. The molecule has 0 saturated carbocycles. The molecule has 0 aliphatic heterocycles. The fraction of sp³-hybridized carbons (Fsp3) is 0.211. The van der Waals surface area contributed by atoms with Gasteiger partial charge in [-0.15, -0.1) is 10.2 Å². The molecule has 5 nitrogen and oxygen atoms in total. The van der Waals surface area contributed by atoms with Crippen LogP contribution in [0.1, 0.15) is 29.8 Å². The standard InChI is InChI=1S/C19H19N3O2/c1-12(2)20-17(23)14-8-10-16(11-9-14)19-22-21-18(24-19)15-6-4-13(3)5-7-15/h4-12H,1-3H3,(H,20,23). The second kappa shape index (κ2) is 6.66. The molecule has 122 valence electrons. The lowest BCUT2D eigenvalue weighted by Crippen LogP contribution is -2.29. The highest BCUT2D eigenvalue weighted by Gasteiger charge is 2.12. The molecule has 0 bridgehead atoms. The van der Waals surface area contributed by atoms with Gasteiger partial charge in [-0.25, -0.2) is 0 Å². The smallest absolute Gasteiger partial charge is 0.251 e. The van der Waals surface area contributed by atoms with E-state index in [0.717, 1.165) is 11.1 Å². The fourth-order valence-corrected chi connectivity index (χ4v) is 2.26. The maximum atomic E-state index is 12.0. The molecular formula is C19H19N3O2. The average Bonchev–Trinajstić information content (AvgIpc) is 3.05. The van der Waals surface area contributed by atoms with E-state index in [0.29, 0.717) is 17.3 Å². The summed E-state index contributed by atoms with van der Waals surface area (Å²) in [4.78, 5) is 12.0. The molecule has 1 amide bonds. The van der Waals surface area contributed by atoms with Crippen molar-refractivity contribution >= 4 is 5.91 Å². The first kappa shape index (κ1) is 15.9. The highest BCUT2D eigenvalue weighted by Crippen LogP contribution is 2.24. The molecule has 0 unspecified atom stereocenters. The Labute approximate surface area is 140 Å². The number of aromatic nitrogens is 2. The van der Waals surface area contributed by atoms with Gasteiger partial charge in [-0.2, -0.15) is 0 Å². The molecule has 5 heteroatoms. The Hall–Kier alpha value is -2.95. The highest BCUT2D eigenvalue weighted by atomic mass is 16.4. The minimum Gasteiger partial charge on any atom is -0.416 e. The van der Waals surface area contributed by atoms with E-state index < -0.39 is 0 Å². The van der Waals surface area contributed by atoms with Crippen LogP contribution in [0, 0.1) is 6.92 Å². The normalized spacial score (nSPS) is 10.8. The Bertz CT molecular complexity index is 834. The van der Waals surface area contributed by atoms with Gasteiger partial charge in [0.2, 0.25) is 11.8 Å². The van der Waals surface area contributed by atoms with Gasteiger partial charge < -0.3 is 9.73 Å². The molecule has 0 aliphatic rings. The second-order valence-corrected chi connectivity index (χ2v) is 5.98. The van der Waals surface area contributed by atoms with E-state index >= 15 is 0 Å². The number of aryl methyl sites for hydroxylation is 1. The van der Waals surface area contributed by atoms with Crippen LogP contribution in [0.3, 0.4) is 0 Å². The van der Waals surface area contributed by atoms with Crippen molar-refractivity contribution in [2.45, 2.75) is 26.8 Å². The molecule has 0 aliphatic carbocycles. The van der Waals surface area contributed by atoms with E-state index in [9.17, 15) is 4.79 Å². The Balaban J connectivity index is 1.80. The molecule has 2 aromatic carbocycles. The van der Waals surface area contributed by atoms with E-state index in [-0.39, 0.29) is 11.9 Å². The van der Waals surface area contributed by atoms with Crippen LogP contribution in [-0.4, -0.2) is 22.1 Å². The Morgan fingerprint density at radius 1 is 0.917 bits per heavy atom. The number of rotatable bonds is 4. The van der Waals surface area contributed by atoms with Gasteiger partial charge in [0.25, 0.3) is 5.91 Å². The summed E-state index contributed by atoms with van der Waals surface area (Å²) < 4.78 is 5.74. The Kier molecular flexibility index (Phi) is 4.42. The summed E-state index contributed by atoms with van der Waals surface area (Å²) in [6.07, 6.45) is 0. The predicted molar refractivity (Wildman–Crippen MR) is 92.5 cm³/mol. The lowest BCUT2D eigenvalue weighted by Gasteiger charge is -2.08. The Morgan fingerprint density at radius 3 is 1.92 bits per heavy atom. The molecule has 3 aromatic rings. The highest BCUT2D eigenvalue weighted by molar-refractivity contribution is 5.94. The maximum absolute atomic E-state index is 12.0. The summed E-state index contributed by atoms with van der Waals surface area (Å²) >= 11 is 0. The van der Waals surface area contributed by atoms with Gasteiger partial charge in [0.05, 0.1) is 0 Å². The van der Waals surface area contributed by atoms with Crippen molar-refractivity contribution in [2.24, 2.45) is 0 Å². The van der Waals surface area contributed by atoms with Gasteiger partial charge in [-0.1, -0.05) is 17.7 Å². The number of hydrogen-bond donors (Lipinski definition) is 1. The second-order valence-electron chi connectivity index (χ2n) is 5.98. The third-order valence-corrected chi connectivity index (χ3v) is 3.54. The molecule has 3 rings (SSSR count). The molecule has 24 heavy (non-hydrogen) atoms. The number of nitrogens with zero attached hydrogens (tertiary/aromatic N) is 2. The summed E-state index contributed by atoms with van der Waals surface area (Å²) in [5.74, 6) is 0.815. The quantitative estimate of drug-likeness (QED) is 0.792. The number of nitrogens with one attached hydrogen (secondary N) is 1. The average molecular weight is 321 g/mol. The summed E-state index contributed by atoms with van der Waals surface area (Å²) in [5, 5.41) is 11.0. The zero-order valence-electron chi connectivity index (χ0n) is 13.9. The van der Waals surface area contributed by atoms with Crippen LogP contribution in [-0.2, 0) is 0 Å². The number of hydrogen-bond acceptors (Lipinski definition) is 4. The van der Waals surface area contributed by atoms with Crippen molar-refractivity contribution in [3.63, 3.8) is 0 Å². The number of benzene rings is 2. The SMILES string of the molecule is Cc1ccc(-c2nnc(-c3ccc(C(=O)NC(C)C)cc3)o2)cc1. The van der Waals surface area contributed by atoms with Gasteiger partial charge in [0.15, 0.2) is 0 Å². The first-order valence-electron chi connectivity index (χ1n) is 7.85. The molecule has 0 atom stereocenters. The van der Waals surface area contributed by atoms with E-state index in [1.165, 1.54) is 5.56 Å². The van der Waals surface area contributed by atoms with Crippen molar-refractivity contribution in [3.05, 3.63) is 59.7 Å². The predicted octanol–water partition coefficient (Wildman–Crippen LogP) is 3.85. The van der Waals surface area contributed by atoms with Crippen molar-refractivity contribution in [1.82, 2.24) is 15.5 Å². The molecule has 0 radical (unpaired) electrons. The lowest BCUT2D eigenvalue weighted by atomic mass is 10.1.